The normalized spacial score (nSPS) is 18.4. The van der Waals surface area contributed by atoms with E-state index in [9.17, 15) is 9.59 Å². The summed E-state index contributed by atoms with van der Waals surface area (Å²) in [7, 11) is 1.95. The van der Waals surface area contributed by atoms with Crippen LogP contribution in [0.25, 0.3) is 22.3 Å². The number of rotatable bonds is 3. The average molecular weight is 481 g/mol. The summed E-state index contributed by atoms with van der Waals surface area (Å²) in [5.74, 6) is 0.151. The second-order valence-electron chi connectivity index (χ2n) is 9.47. The Kier molecular flexibility index (Phi) is 4.50. The number of carbonyl (C=O) groups excluding carboxylic acids is 2. The van der Waals surface area contributed by atoms with Crippen LogP contribution in [-0.2, 0) is 13.6 Å². The molecular weight excluding hydrogens is 456 g/mol. The van der Waals surface area contributed by atoms with Gasteiger partial charge in [-0.3, -0.25) is 14.6 Å². The molecule has 1 atom stereocenters. The first-order valence-electron chi connectivity index (χ1n) is 12.1. The van der Waals surface area contributed by atoms with E-state index in [-0.39, 0.29) is 11.8 Å². The smallest absolute Gasteiger partial charge is 0.272 e. The first-order valence-corrected chi connectivity index (χ1v) is 12.1. The molecule has 10 nitrogen and oxygen atoms in total. The predicted octanol–water partition coefficient (Wildman–Crippen LogP) is 2.73. The summed E-state index contributed by atoms with van der Waals surface area (Å²) in [5.41, 5.74) is 5.73. The van der Waals surface area contributed by atoms with Crippen LogP contribution in [0.2, 0.25) is 0 Å². The molecule has 1 saturated heterocycles. The molecule has 3 aliphatic heterocycles. The molecule has 180 valence electrons. The molecule has 4 aromatic heterocycles. The number of fused-ring (bicyclic) bond motifs is 5. The van der Waals surface area contributed by atoms with E-state index in [2.05, 4.69) is 30.8 Å². The minimum atomic E-state index is -0.177. The number of aromatic nitrogens is 4. The van der Waals surface area contributed by atoms with Crippen molar-refractivity contribution in [1.29, 1.82) is 0 Å². The largest absolute Gasteiger partial charge is 0.365 e. The van der Waals surface area contributed by atoms with E-state index in [0.29, 0.717) is 41.9 Å². The first kappa shape index (κ1) is 20.9. The van der Waals surface area contributed by atoms with E-state index in [0.717, 1.165) is 52.9 Å². The number of hydrogen-bond donors (Lipinski definition) is 3. The van der Waals surface area contributed by atoms with Crippen molar-refractivity contribution in [3.05, 3.63) is 59.7 Å². The third kappa shape index (κ3) is 3.07. The number of aryl methyl sites for hydroxylation is 1. The van der Waals surface area contributed by atoms with E-state index >= 15 is 0 Å². The Morgan fingerprint density at radius 3 is 2.89 bits per heavy atom. The third-order valence-electron chi connectivity index (χ3n) is 7.39. The molecule has 10 heteroatoms. The van der Waals surface area contributed by atoms with Crippen molar-refractivity contribution >= 4 is 40.0 Å². The van der Waals surface area contributed by atoms with Crippen LogP contribution >= 0.6 is 0 Å². The maximum Gasteiger partial charge on any atom is 0.272 e. The number of pyridine rings is 3. The van der Waals surface area contributed by atoms with Gasteiger partial charge in [0.05, 0.1) is 28.8 Å². The Labute approximate surface area is 206 Å². The van der Waals surface area contributed by atoms with Gasteiger partial charge >= 0.3 is 0 Å². The summed E-state index contributed by atoms with van der Waals surface area (Å²) >= 11 is 0. The highest BCUT2D eigenvalue weighted by Gasteiger charge is 2.33. The van der Waals surface area contributed by atoms with E-state index in [4.69, 9.17) is 4.98 Å². The van der Waals surface area contributed by atoms with Gasteiger partial charge in [-0.2, -0.15) is 0 Å². The number of nitrogens with zero attached hydrogens (tertiary/aromatic N) is 5. The zero-order valence-corrected chi connectivity index (χ0v) is 19.7. The van der Waals surface area contributed by atoms with Gasteiger partial charge in [0.25, 0.3) is 11.8 Å². The zero-order valence-electron chi connectivity index (χ0n) is 19.7. The Hall–Kier alpha value is -4.47. The SMILES string of the molecule is Cn1ccc2c(-c3ncc(Nc4ccc5c(n4)C(=O)NC[C@@H]4CCCN54)c4c3CNC4=O)ccnc21. The van der Waals surface area contributed by atoms with Gasteiger partial charge in [0.15, 0.2) is 5.69 Å². The molecule has 2 amide bonds. The van der Waals surface area contributed by atoms with E-state index in [1.807, 2.05) is 42.1 Å². The van der Waals surface area contributed by atoms with Gasteiger partial charge in [0.1, 0.15) is 11.5 Å². The van der Waals surface area contributed by atoms with Gasteiger partial charge in [-0.05, 0) is 37.1 Å². The average Bonchev–Trinajstić information content (AvgIpc) is 3.60. The summed E-state index contributed by atoms with van der Waals surface area (Å²) in [6.45, 7) is 1.93. The van der Waals surface area contributed by atoms with Gasteiger partial charge in [0.2, 0.25) is 0 Å². The number of hydrogen-bond acceptors (Lipinski definition) is 7. The highest BCUT2D eigenvalue weighted by molar-refractivity contribution is 6.07. The van der Waals surface area contributed by atoms with Crippen LogP contribution in [0.5, 0.6) is 0 Å². The Balaban J connectivity index is 1.29. The molecule has 0 spiro atoms. The summed E-state index contributed by atoms with van der Waals surface area (Å²) in [5, 5.41) is 10.2. The van der Waals surface area contributed by atoms with Crippen molar-refractivity contribution in [2.24, 2.45) is 7.05 Å². The number of amides is 2. The van der Waals surface area contributed by atoms with Crippen LogP contribution in [-0.4, -0.2) is 50.5 Å². The third-order valence-corrected chi connectivity index (χ3v) is 7.39. The van der Waals surface area contributed by atoms with Crippen molar-refractivity contribution in [2.45, 2.75) is 25.4 Å². The van der Waals surface area contributed by atoms with Gasteiger partial charge in [0, 0.05) is 61.6 Å². The highest BCUT2D eigenvalue weighted by Crippen LogP contribution is 2.37. The minimum Gasteiger partial charge on any atom is -0.365 e. The summed E-state index contributed by atoms with van der Waals surface area (Å²) < 4.78 is 1.96. The Bertz CT molecular complexity index is 1580. The van der Waals surface area contributed by atoms with Crippen molar-refractivity contribution in [2.75, 3.05) is 23.3 Å². The highest BCUT2D eigenvalue weighted by atomic mass is 16.2. The fourth-order valence-electron chi connectivity index (χ4n) is 5.66. The number of carbonyl (C=O) groups is 2. The standard InChI is InChI=1S/C26H24N8O2/c1-33-10-7-16-15(6-8-27-24(16)33)22-17-12-30-25(35)21(17)18(13-28-22)31-20-5-4-19-23(32-20)26(36)29-11-14-3-2-9-34(14)19/h4-8,10,13-14H,2-3,9,11-12H2,1H3,(H,29,36)(H,30,35)(H,31,32)/t14-/m0/s1. The summed E-state index contributed by atoms with van der Waals surface area (Å²) in [4.78, 5) is 41.8. The number of anilines is 3. The molecule has 7 heterocycles. The van der Waals surface area contributed by atoms with Crippen LogP contribution in [0.4, 0.5) is 17.2 Å². The molecule has 0 radical (unpaired) electrons. The molecule has 0 aliphatic carbocycles. The molecule has 0 unspecified atom stereocenters. The summed E-state index contributed by atoms with van der Waals surface area (Å²) in [6.07, 6.45) is 7.55. The molecule has 0 bridgehead atoms. The van der Waals surface area contributed by atoms with E-state index < -0.39 is 0 Å². The molecular formula is C26H24N8O2. The first-order chi connectivity index (χ1) is 17.6. The molecule has 3 N–H and O–H groups in total. The minimum absolute atomic E-state index is 0.165. The van der Waals surface area contributed by atoms with Gasteiger partial charge in [-0.1, -0.05) is 0 Å². The van der Waals surface area contributed by atoms with Crippen molar-refractivity contribution in [3.8, 4) is 11.3 Å². The maximum absolute atomic E-state index is 12.9. The van der Waals surface area contributed by atoms with E-state index in [1.54, 1.807) is 12.4 Å². The van der Waals surface area contributed by atoms with Crippen molar-refractivity contribution in [1.82, 2.24) is 30.2 Å². The van der Waals surface area contributed by atoms with Gasteiger partial charge in [-0.25, -0.2) is 9.97 Å². The molecule has 1 fully saturated rings. The molecule has 4 aromatic rings. The van der Waals surface area contributed by atoms with Crippen LogP contribution in [0, 0.1) is 0 Å². The van der Waals surface area contributed by atoms with E-state index in [1.165, 1.54) is 0 Å². The molecule has 7 rings (SSSR count). The quantitative estimate of drug-likeness (QED) is 0.413. The predicted molar refractivity (Wildman–Crippen MR) is 135 cm³/mol. The lowest BCUT2D eigenvalue weighted by molar-refractivity contribution is 0.0947. The van der Waals surface area contributed by atoms with Crippen LogP contribution in [0.1, 0.15) is 39.3 Å². The lowest BCUT2D eigenvalue weighted by Crippen LogP contribution is -2.36. The van der Waals surface area contributed by atoms with Crippen molar-refractivity contribution < 1.29 is 9.59 Å². The molecule has 3 aliphatic rings. The second-order valence-corrected chi connectivity index (χ2v) is 9.47. The van der Waals surface area contributed by atoms with Crippen LogP contribution < -0.4 is 20.9 Å². The molecule has 0 saturated carbocycles. The van der Waals surface area contributed by atoms with Crippen molar-refractivity contribution in [3.63, 3.8) is 0 Å². The van der Waals surface area contributed by atoms with Gasteiger partial charge < -0.3 is 25.4 Å². The molecule has 0 aromatic carbocycles. The topological polar surface area (TPSA) is 117 Å². The summed E-state index contributed by atoms with van der Waals surface area (Å²) in [6, 6.07) is 8.05. The fraction of sp³-hybridized carbons (Fsp3) is 0.269. The van der Waals surface area contributed by atoms with Gasteiger partial charge in [-0.15, -0.1) is 0 Å². The lowest BCUT2D eigenvalue weighted by Gasteiger charge is -2.24. The van der Waals surface area contributed by atoms with Crippen LogP contribution in [0.15, 0.2) is 42.9 Å². The fourth-order valence-corrected chi connectivity index (χ4v) is 5.66. The van der Waals surface area contributed by atoms with Crippen LogP contribution in [0.3, 0.4) is 0 Å². The number of nitrogens with one attached hydrogen (secondary N) is 3. The maximum atomic E-state index is 12.9. The second kappa shape index (κ2) is 7.77. The monoisotopic (exact) mass is 480 g/mol. The molecule has 36 heavy (non-hydrogen) atoms. The lowest BCUT2D eigenvalue weighted by atomic mass is 10.0. The zero-order chi connectivity index (χ0) is 24.4. The Morgan fingerprint density at radius 2 is 1.97 bits per heavy atom. The Morgan fingerprint density at radius 1 is 1.06 bits per heavy atom.